The van der Waals surface area contributed by atoms with Crippen LogP contribution in [0.5, 0.6) is 0 Å². The molecule has 0 aromatic carbocycles. The Morgan fingerprint density at radius 1 is 1.16 bits per heavy atom. The van der Waals surface area contributed by atoms with Gasteiger partial charge in [0.05, 0.1) is 5.75 Å². The van der Waals surface area contributed by atoms with Crippen molar-refractivity contribution in [3.63, 3.8) is 0 Å². The zero-order chi connectivity index (χ0) is 14.5. The van der Waals surface area contributed by atoms with Crippen LogP contribution in [0, 0.1) is 0 Å². The number of rotatable bonds is 5. The molecule has 0 atom stereocenters. The SMILES string of the molecule is CCCS(=O)(=O)N1CCN(C(=O)/C=C/C(=O)O)CC1. The predicted octanol–water partition coefficient (Wildman–Crippen LogP) is -0.489. The number of carboxylic acids is 1. The fourth-order valence-corrected chi connectivity index (χ4v) is 3.32. The smallest absolute Gasteiger partial charge is 0.328 e. The Morgan fingerprint density at radius 3 is 2.21 bits per heavy atom. The van der Waals surface area contributed by atoms with Crippen molar-refractivity contribution >= 4 is 21.9 Å². The number of aliphatic carboxylic acids is 1. The van der Waals surface area contributed by atoms with E-state index in [-0.39, 0.29) is 31.9 Å². The molecule has 1 heterocycles. The Bertz CT molecular complexity index is 463. The van der Waals surface area contributed by atoms with Crippen molar-refractivity contribution in [1.82, 2.24) is 9.21 Å². The zero-order valence-corrected chi connectivity index (χ0v) is 11.6. The Morgan fingerprint density at radius 2 is 1.74 bits per heavy atom. The van der Waals surface area contributed by atoms with Gasteiger partial charge in [-0.2, -0.15) is 4.31 Å². The van der Waals surface area contributed by atoms with Crippen molar-refractivity contribution in [2.75, 3.05) is 31.9 Å². The van der Waals surface area contributed by atoms with Crippen LogP contribution >= 0.6 is 0 Å². The average molecular weight is 290 g/mol. The normalized spacial score (nSPS) is 17.8. The second-order valence-corrected chi connectivity index (χ2v) is 6.30. The molecule has 8 heteroatoms. The van der Waals surface area contributed by atoms with E-state index in [1.807, 2.05) is 0 Å². The summed E-state index contributed by atoms with van der Waals surface area (Å²) in [4.78, 5) is 23.3. The molecule has 108 valence electrons. The molecule has 19 heavy (non-hydrogen) atoms. The summed E-state index contributed by atoms with van der Waals surface area (Å²) in [5.41, 5.74) is 0. The van der Waals surface area contributed by atoms with Gasteiger partial charge in [0, 0.05) is 38.3 Å². The number of carbonyl (C=O) groups excluding carboxylic acids is 1. The molecule has 0 saturated carbocycles. The second-order valence-electron chi connectivity index (χ2n) is 4.21. The number of sulfonamides is 1. The number of hydrogen-bond donors (Lipinski definition) is 1. The first-order valence-electron chi connectivity index (χ1n) is 6.04. The summed E-state index contributed by atoms with van der Waals surface area (Å²) in [6.07, 6.45) is 2.32. The Labute approximate surface area is 112 Å². The highest BCUT2D eigenvalue weighted by Crippen LogP contribution is 2.09. The Kier molecular flexibility index (Phi) is 5.49. The van der Waals surface area contributed by atoms with Crippen molar-refractivity contribution in [2.24, 2.45) is 0 Å². The molecule has 7 nitrogen and oxygen atoms in total. The molecule has 0 aromatic rings. The molecule has 1 aliphatic rings. The lowest BCUT2D eigenvalue weighted by molar-refractivity contribution is -0.132. The van der Waals surface area contributed by atoms with E-state index in [4.69, 9.17) is 5.11 Å². The average Bonchev–Trinajstić information content (AvgIpc) is 2.36. The molecule has 0 bridgehead atoms. The molecule has 1 fully saturated rings. The summed E-state index contributed by atoms with van der Waals surface area (Å²) >= 11 is 0. The largest absolute Gasteiger partial charge is 0.478 e. The van der Waals surface area contributed by atoms with Gasteiger partial charge in [-0.15, -0.1) is 0 Å². The van der Waals surface area contributed by atoms with E-state index >= 15 is 0 Å². The van der Waals surface area contributed by atoms with Crippen LogP contribution in [0.1, 0.15) is 13.3 Å². The summed E-state index contributed by atoms with van der Waals surface area (Å²) in [5.74, 6) is -1.48. The third-order valence-corrected chi connectivity index (χ3v) is 4.85. The first-order valence-corrected chi connectivity index (χ1v) is 7.65. The molecule has 1 N–H and O–H groups in total. The van der Waals surface area contributed by atoms with Gasteiger partial charge in [0.2, 0.25) is 15.9 Å². The number of piperazine rings is 1. The topological polar surface area (TPSA) is 95.0 Å². The highest BCUT2D eigenvalue weighted by molar-refractivity contribution is 7.89. The van der Waals surface area contributed by atoms with E-state index < -0.39 is 21.9 Å². The van der Waals surface area contributed by atoms with Gasteiger partial charge in [-0.1, -0.05) is 6.92 Å². The van der Waals surface area contributed by atoms with Crippen molar-refractivity contribution in [1.29, 1.82) is 0 Å². The van der Waals surface area contributed by atoms with Crippen LogP contribution in [0.4, 0.5) is 0 Å². The minimum atomic E-state index is -3.23. The van der Waals surface area contributed by atoms with Crippen LogP contribution in [0.15, 0.2) is 12.2 Å². The van der Waals surface area contributed by atoms with Gasteiger partial charge >= 0.3 is 5.97 Å². The molecule has 1 aliphatic heterocycles. The summed E-state index contributed by atoms with van der Waals surface area (Å²) in [5, 5.41) is 8.42. The molecular formula is C11H18N2O5S. The summed E-state index contributed by atoms with van der Waals surface area (Å²) in [7, 11) is -3.23. The number of nitrogens with zero attached hydrogens (tertiary/aromatic N) is 2. The van der Waals surface area contributed by atoms with Gasteiger partial charge in [0.1, 0.15) is 0 Å². The van der Waals surface area contributed by atoms with Crippen LogP contribution in [0.3, 0.4) is 0 Å². The van der Waals surface area contributed by atoms with Gasteiger partial charge in [0.25, 0.3) is 0 Å². The number of carboxylic acid groups (broad SMARTS) is 1. The quantitative estimate of drug-likeness (QED) is 0.689. The van der Waals surface area contributed by atoms with Gasteiger partial charge in [-0.3, -0.25) is 4.79 Å². The molecule has 0 spiro atoms. The zero-order valence-electron chi connectivity index (χ0n) is 10.8. The Hall–Kier alpha value is -1.41. The fraction of sp³-hybridized carbons (Fsp3) is 0.636. The molecule has 1 saturated heterocycles. The summed E-state index contributed by atoms with van der Waals surface area (Å²) < 4.78 is 25.0. The first kappa shape index (κ1) is 15.6. The maximum Gasteiger partial charge on any atom is 0.328 e. The van der Waals surface area contributed by atoms with E-state index in [9.17, 15) is 18.0 Å². The Balaban J connectivity index is 2.54. The lowest BCUT2D eigenvalue weighted by Gasteiger charge is -2.33. The van der Waals surface area contributed by atoms with Crippen LogP contribution in [-0.4, -0.2) is 66.5 Å². The van der Waals surface area contributed by atoms with Crippen molar-refractivity contribution in [2.45, 2.75) is 13.3 Å². The molecule has 0 radical (unpaired) electrons. The second kappa shape index (κ2) is 6.67. The molecular weight excluding hydrogens is 272 g/mol. The van der Waals surface area contributed by atoms with E-state index in [0.717, 1.165) is 12.2 Å². The number of carbonyl (C=O) groups is 2. The number of hydrogen-bond acceptors (Lipinski definition) is 4. The minimum absolute atomic E-state index is 0.111. The van der Waals surface area contributed by atoms with Crippen LogP contribution < -0.4 is 0 Å². The van der Waals surface area contributed by atoms with Crippen molar-refractivity contribution in [3.05, 3.63) is 12.2 Å². The van der Waals surface area contributed by atoms with E-state index in [1.165, 1.54) is 9.21 Å². The van der Waals surface area contributed by atoms with Crippen molar-refractivity contribution in [3.8, 4) is 0 Å². The maximum atomic E-state index is 11.8. The molecule has 0 unspecified atom stereocenters. The van der Waals surface area contributed by atoms with Crippen molar-refractivity contribution < 1.29 is 23.1 Å². The summed E-state index contributed by atoms with van der Waals surface area (Å²) in [6, 6.07) is 0. The lowest BCUT2D eigenvalue weighted by atomic mass is 10.3. The van der Waals surface area contributed by atoms with Crippen LogP contribution in [0.25, 0.3) is 0 Å². The minimum Gasteiger partial charge on any atom is -0.478 e. The van der Waals surface area contributed by atoms with Gasteiger partial charge in [-0.25, -0.2) is 13.2 Å². The van der Waals surface area contributed by atoms with E-state index in [0.29, 0.717) is 6.42 Å². The van der Waals surface area contributed by atoms with Crippen LogP contribution in [-0.2, 0) is 19.6 Å². The van der Waals surface area contributed by atoms with Crippen LogP contribution in [0.2, 0.25) is 0 Å². The van der Waals surface area contributed by atoms with Gasteiger partial charge < -0.3 is 10.0 Å². The monoisotopic (exact) mass is 290 g/mol. The predicted molar refractivity (Wildman–Crippen MR) is 69.0 cm³/mol. The number of amides is 1. The molecule has 1 rings (SSSR count). The van der Waals surface area contributed by atoms with Gasteiger partial charge in [-0.05, 0) is 6.42 Å². The van der Waals surface area contributed by atoms with E-state index in [1.54, 1.807) is 6.92 Å². The lowest BCUT2D eigenvalue weighted by Crippen LogP contribution is -2.50. The highest BCUT2D eigenvalue weighted by atomic mass is 32.2. The third-order valence-electron chi connectivity index (χ3n) is 2.77. The first-order chi connectivity index (χ1) is 8.86. The molecule has 0 aliphatic carbocycles. The molecule has 0 aromatic heterocycles. The highest BCUT2D eigenvalue weighted by Gasteiger charge is 2.27. The summed E-state index contributed by atoms with van der Waals surface area (Å²) in [6.45, 7) is 2.88. The van der Waals surface area contributed by atoms with E-state index in [2.05, 4.69) is 0 Å². The molecule has 1 amide bonds. The fourth-order valence-electron chi connectivity index (χ4n) is 1.82. The maximum absolute atomic E-state index is 11.8. The standard InChI is InChI=1S/C11H18N2O5S/c1-2-9-19(17,18)13-7-5-12(6-8-13)10(14)3-4-11(15)16/h3-4H,2,5-9H2,1H3,(H,15,16)/b4-3+. The third kappa shape index (κ3) is 4.64. The van der Waals surface area contributed by atoms with Gasteiger partial charge in [0.15, 0.2) is 0 Å².